The summed E-state index contributed by atoms with van der Waals surface area (Å²) in [7, 11) is 1.72. The smallest absolute Gasteiger partial charge is 0.410 e. The molecule has 0 saturated heterocycles. The Hall–Kier alpha value is -2.02. The van der Waals surface area contributed by atoms with E-state index in [-0.39, 0.29) is 24.7 Å². The third-order valence-corrected chi connectivity index (χ3v) is 3.64. The van der Waals surface area contributed by atoms with Crippen molar-refractivity contribution in [2.24, 2.45) is 5.92 Å². The molecule has 0 radical (unpaired) electrons. The lowest BCUT2D eigenvalue weighted by molar-refractivity contribution is 0.0876. The molecule has 1 saturated carbocycles. The molecule has 0 aliphatic heterocycles. The molecule has 1 amide bonds. The zero-order valence-corrected chi connectivity index (χ0v) is 11.1. The molecule has 1 aliphatic rings. The average molecular weight is 258 g/mol. The predicted octanol–water partition coefficient (Wildman–Crippen LogP) is 2.95. The first-order valence-corrected chi connectivity index (χ1v) is 6.55. The molecule has 0 N–H and O–H groups in total. The van der Waals surface area contributed by atoms with Crippen LogP contribution in [-0.2, 0) is 11.3 Å². The fourth-order valence-corrected chi connectivity index (χ4v) is 2.51. The van der Waals surface area contributed by atoms with Gasteiger partial charge in [0.2, 0.25) is 0 Å². The minimum absolute atomic E-state index is 0.00623. The van der Waals surface area contributed by atoms with E-state index in [1.165, 1.54) is 0 Å². The van der Waals surface area contributed by atoms with Crippen LogP contribution in [0.25, 0.3) is 0 Å². The van der Waals surface area contributed by atoms with Crippen LogP contribution in [0.15, 0.2) is 30.3 Å². The van der Waals surface area contributed by atoms with E-state index >= 15 is 0 Å². The van der Waals surface area contributed by atoms with Crippen molar-refractivity contribution < 1.29 is 9.53 Å². The lowest BCUT2D eigenvalue weighted by atomic mass is 10.1. The number of hydrogen-bond acceptors (Lipinski definition) is 3. The van der Waals surface area contributed by atoms with Gasteiger partial charge in [-0.15, -0.1) is 0 Å². The van der Waals surface area contributed by atoms with Crippen LogP contribution in [0, 0.1) is 17.2 Å². The second-order valence-electron chi connectivity index (χ2n) is 4.88. The Morgan fingerprint density at radius 3 is 2.84 bits per heavy atom. The molecular formula is C15H18N2O2. The lowest BCUT2D eigenvalue weighted by Crippen LogP contribution is -2.39. The van der Waals surface area contributed by atoms with Crippen molar-refractivity contribution in [2.45, 2.75) is 31.9 Å². The third-order valence-electron chi connectivity index (χ3n) is 3.64. The van der Waals surface area contributed by atoms with Gasteiger partial charge in [-0.1, -0.05) is 30.3 Å². The van der Waals surface area contributed by atoms with E-state index in [4.69, 9.17) is 10.00 Å². The van der Waals surface area contributed by atoms with Gasteiger partial charge in [-0.05, 0) is 24.8 Å². The molecule has 4 nitrogen and oxygen atoms in total. The summed E-state index contributed by atoms with van der Waals surface area (Å²) in [6.45, 7) is 0.272. The van der Waals surface area contributed by atoms with Crippen LogP contribution < -0.4 is 0 Å². The first-order chi connectivity index (χ1) is 9.22. The molecular weight excluding hydrogens is 240 g/mol. The maximum absolute atomic E-state index is 12.0. The van der Waals surface area contributed by atoms with Crippen molar-refractivity contribution in [1.82, 2.24) is 4.90 Å². The minimum Gasteiger partial charge on any atom is -0.445 e. The van der Waals surface area contributed by atoms with E-state index in [1.807, 2.05) is 30.3 Å². The second kappa shape index (κ2) is 6.24. The monoisotopic (exact) mass is 258 g/mol. The molecule has 1 aromatic rings. The Balaban J connectivity index is 1.88. The number of ether oxygens (including phenoxy) is 1. The zero-order chi connectivity index (χ0) is 13.7. The van der Waals surface area contributed by atoms with Crippen LogP contribution in [0.1, 0.15) is 24.8 Å². The third kappa shape index (κ3) is 3.25. The molecule has 2 atom stereocenters. The number of carbonyl (C=O) groups is 1. The largest absolute Gasteiger partial charge is 0.445 e. The van der Waals surface area contributed by atoms with Gasteiger partial charge in [0.05, 0.1) is 18.0 Å². The summed E-state index contributed by atoms with van der Waals surface area (Å²) < 4.78 is 5.27. The fourth-order valence-electron chi connectivity index (χ4n) is 2.51. The van der Waals surface area contributed by atoms with Gasteiger partial charge in [0.15, 0.2) is 0 Å². The summed E-state index contributed by atoms with van der Waals surface area (Å²) >= 11 is 0. The topological polar surface area (TPSA) is 53.3 Å². The highest BCUT2D eigenvalue weighted by Crippen LogP contribution is 2.29. The van der Waals surface area contributed by atoms with E-state index in [1.54, 1.807) is 11.9 Å². The number of nitrogens with zero attached hydrogens (tertiary/aromatic N) is 2. The number of rotatable bonds is 3. The van der Waals surface area contributed by atoms with Gasteiger partial charge >= 0.3 is 6.09 Å². The number of nitriles is 1. The van der Waals surface area contributed by atoms with E-state index in [0.29, 0.717) is 0 Å². The molecule has 2 unspecified atom stereocenters. The van der Waals surface area contributed by atoms with Crippen molar-refractivity contribution in [3.8, 4) is 6.07 Å². The molecule has 1 fully saturated rings. The van der Waals surface area contributed by atoms with Gasteiger partial charge < -0.3 is 9.64 Å². The highest BCUT2D eigenvalue weighted by molar-refractivity contribution is 5.67. The van der Waals surface area contributed by atoms with E-state index in [0.717, 1.165) is 24.8 Å². The number of carbonyl (C=O) groups excluding carboxylic acids is 1. The molecule has 19 heavy (non-hydrogen) atoms. The van der Waals surface area contributed by atoms with Crippen molar-refractivity contribution in [2.75, 3.05) is 7.05 Å². The standard InChI is InChI=1S/C15H18N2O2/c1-17(14-9-5-8-13(14)10-16)15(18)19-11-12-6-3-2-4-7-12/h2-4,6-7,13-14H,5,8-9,11H2,1H3. The summed E-state index contributed by atoms with van der Waals surface area (Å²) in [5.74, 6) is -0.0609. The molecule has 0 bridgehead atoms. The fraction of sp³-hybridized carbons (Fsp3) is 0.467. The van der Waals surface area contributed by atoms with Crippen LogP contribution in [-0.4, -0.2) is 24.1 Å². The van der Waals surface area contributed by atoms with Gasteiger partial charge in [0, 0.05) is 7.05 Å². The van der Waals surface area contributed by atoms with Gasteiger partial charge in [-0.25, -0.2) is 4.79 Å². The lowest BCUT2D eigenvalue weighted by Gasteiger charge is -2.25. The van der Waals surface area contributed by atoms with Gasteiger partial charge in [-0.3, -0.25) is 0 Å². The Morgan fingerprint density at radius 1 is 1.42 bits per heavy atom. The molecule has 1 aliphatic carbocycles. The van der Waals surface area contributed by atoms with E-state index in [9.17, 15) is 4.79 Å². The SMILES string of the molecule is CN(C(=O)OCc1ccccc1)C1CCCC1C#N. The van der Waals surface area contributed by atoms with Gasteiger partial charge in [0.25, 0.3) is 0 Å². The molecule has 1 aromatic carbocycles. The molecule has 0 heterocycles. The van der Waals surface area contributed by atoms with Crippen molar-refractivity contribution >= 4 is 6.09 Å². The van der Waals surface area contributed by atoms with Crippen molar-refractivity contribution in [3.05, 3.63) is 35.9 Å². The Bertz CT molecular complexity index is 467. The maximum atomic E-state index is 12.0. The average Bonchev–Trinajstić information content (AvgIpc) is 2.93. The molecule has 4 heteroatoms. The predicted molar refractivity (Wildman–Crippen MR) is 71.1 cm³/mol. The normalized spacial score (nSPS) is 21.7. The highest BCUT2D eigenvalue weighted by atomic mass is 16.6. The molecule has 100 valence electrons. The Kier molecular flexibility index (Phi) is 4.40. The van der Waals surface area contributed by atoms with Crippen molar-refractivity contribution in [1.29, 1.82) is 5.26 Å². The van der Waals surface area contributed by atoms with Gasteiger partial charge in [-0.2, -0.15) is 5.26 Å². The van der Waals surface area contributed by atoms with Crippen LogP contribution in [0.4, 0.5) is 4.79 Å². The quantitative estimate of drug-likeness (QED) is 0.837. The first kappa shape index (κ1) is 13.4. The summed E-state index contributed by atoms with van der Waals surface area (Å²) in [6, 6.07) is 11.9. The Morgan fingerprint density at radius 2 is 2.16 bits per heavy atom. The number of benzene rings is 1. The second-order valence-corrected chi connectivity index (χ2v) is 4.88. The van der Waals surface area contributed by atoms with Gasteiger partial charge in [0.1, 0.15) is 6.61 Å². The maximum Gasteiger partial charge on any atom is 0.410 e. The zero-order valence-electron chi connectivity index (χ0n) is 11.1. The van der Waals surface area contributed by atoms with Crippen LogP contribution in [0.3, 0.4) is 0 Å². The number of hydrogen-bond donors (Lipinski definition) is 0. The first-order valence-electron chi connectivity index (χ1n) is 6.55. The van der Waals surface area contributed by atoms with Crippen molar-refractivity contribution in [3.63, 3.8) is 0 Å². The van der Waals surface area contributed by atoms with Crippen LogP contribution >= 0.6 is 0 Å². The highest BCUT2D eigenvalue weighted by Gasteiger charge is 2.33. The number of amides is 1. The summed E-state index contributed by atoms with van der Waals surface area (Å²) in [5, 5.41) is 9.05. The molecule has 0 spiro atoms. The molecule has 0 aromatic heterocycles. The van der Waals surface area contributed by atoms with Crippen LogP contribution in [0.2, 0.25) is 0 Å². The van der Waals surface area contributed by atoms with E-state index in [2.05, 4.69) is 6.07 Å². The summed E-state index contributed by atoms with van der Waals surface area (Å²) in [4.78, 5) is 13.5. The summed E-state index contributed by atoms with van der Waals surface area (Å²) in [6.07, 6.45) is 2.40. The van der Waals surface area contributed by atoms with E-state index < -0.39 is 0 Å². The Labute approximate surface area is 113 Å². The summed E-state index contributed by atoms with van der Waals surface area (Å²) in [5.41, 5.74) is 0.965. The molecule has 2 rings (SSSR count). The minimum atomic E-state index is -0.351. The van der Waals surface area contributed by atoms with Crippen LogP contribution in [0.5, 0.6) is 0 Å².